The van der Waals surface area contributed by atoms with Gasteiger partial charge in [0.2, 0.25) is 0 Å². The first-order chi connectivity index (χ1) is 8.06. The molecular formula is C15H23NO. The van der Waals surface area contributed by atoms with Crippen LogP contribution in [0.1, 0.15) is 38.2 Å². The van der Waals surface area contributed by atoms with Gasteiger partial charge in [-0.25, -0.2) is 0 Å². The summed E-state index contributed by atoms with van der Waals surface area (Å²) in [4.78, 5) is 2.26. The average molecular weight is 233 g/mol. The molecule has 0 bridgehead atoms. The Hall–Kier alpha value is -1.02. The third kappa shape index (κ3) is 2.81. The second-order valence-corrected chi connectivity index (χ2v) is 5.76. The van der Waals surface area contributed by atoms with Crippen molar-refractivity contribution in [2.24, 2.45) is 5.41 Å². The summed E-state index contributed by atoms with van der Waals surface area (Å²) in [6.45, 7) is 5.71. The van der Waals surface area contributed by atoms with E-state index < -0.39 is 0 Å². The van der Waals surface area contributed by atoms with E-state index in [9.17, 15) is 5.11 Å². The molecule has 1 saturated carbocycles. The Labute approximate surface area is 104 Å². The van der Waals surface area contributed by atoms with Crippen molar-refractivity contribution >= 4 is 5.69 Å². The summed E-state index contributed by atoms with van der Waals surface area (Å²) in [5.74, 6) is 0.585. The van der Waals surface area contributed by atoms with Gasteiger partial charge in [0.15, 0.2) is 0 Å². The number of anilines is 1. The van der Waals surface area contributed by atoms with Crippen LogP contribution < -0.4 is 4.90 Å². The van der Waals surface area contributed by atoms with Crippen LogP contribution in [0, 0.1) is 5.41 Å². The lowest BCUT2D eigenvalue weighted by atomic mass is 10.0. The molecule has 0 aliphatic heterocycles. The first-order valence-corrected chi connectivity index (χ1v) is 6.48. The molecule has 0 spiro atoms. The lowest BCUT2D eigenvalue weighted by Crippen LogP contribution is -2.28. The first-order valence-electron chi connectivity index (χ1n) is 6.48. The van der Waals surface area contributed by atoms with Gasteiger partial charge < -0.3 is 10.0 Å². The van der Waals surface area contributed by atoms with Gasteiger partial charge >= 0.3 is 0 Å². The van der Waals surface area contributed by atoms with Crippen LogP contribution in [0.15, 0.2) is 24.3 Å². The fourth-order valence-corrected chi connectivity index (χ4v) is 2.25. The highest BCUT2D eigenvalue weighted by atomic mass is 16.3. The van der Waals surface area contributed by atoms with Gasteiger partial charge in [0.25, 0.3) is 0 Å². The van der Waals surface area contributed by atoms with Gasteiger partial charge in [0, 0.05) is 24.7 Å². The number of benzene rings is 1. The smallest absolute Gasteiger partial charge is 0.0504 e. The highest BCUT2D eigenvalue weighted by Crippen LogP contribution is 2.45. The highest BCUT2D eigenvalue weighted by molar-refractivity contribution is 5.47. The minimum Gasteiger partial charge on any atom is -0.396 e. The summed E-state index contributed by atoms with van der Waals surface area (Å²) in [5, 5.41) is 9.34. The van der Waals surface area contributed by atoms with Gasteiger partial charge in [-0.15, -0.1) is 0 Å². The Balaban J connectivity index is 2.01. The fourth-order valence-electron chi connectivity index (χ4n) is 2.25. The zero-order valence-electron chi connectivity index (χ0n) is 11.1. The average Bonchev–Trinajstić information content (AvgIpc) is 3.09. The fraction of sp³-hybridized carbons (Fsp3) is 0.600. The van der Waals surface area contributed by atoms with Gasteiger partial charge in [-0.3, -0.25) is 0 Å². The molecule has 17 heavy (non-hydrogen) atoms. The summed E-state index contributed by atoms with van der Waals surface area (Å²) >= 11 is 0. The van der Waals surface area contributed by atoms with Crippen LogP contribution in [-0.4, -0.2) is 25.3 Å². The van der Waals surface area contributed by atoms with E-state index in [4.69, 9.17) is 0 Å². The highest BCUT2D eigenvalue weighted by Gasteiger charge is 2.42. The number of aliphatic hydroxyl groups excluding tert-OH is 1. The number of hydrogen-bond acceptors (Lipinski definition) is 2. The van der Waals surface area contributed by atoms with Crippen molar-refractivity contribution in [3.8, 4) is 0 Å². The molecule has 0 atom stereocenters. The Bertz CT molecular complexity index is 365. The van der Waals surface area contributed by atoms with Crippen LogP contribution in [-0.2, 0) is 0 Å². The Kier molecular flexibility index (Phi) is 3.43. The van der Waals surface area contributed by atoms with Crippen molar-refractivity contribution in [1.29, 1.82) is 0 Å². The molecule has 1 aromatic carbocycles. The number of nitrogens with zero attached hydrogens (tertiary/aromatic N) is 1. The standard InChI is InChI=1S/C15H23NO/c1-12(2)13-4-6-14(7-5-13)16(3)10-15(11-17)8-9-15/h4-7,12,17H,8-11H2,1-3H3. The van der Waals surface area contributed by atoms with Gasteiger partial charge in [0.1, 0.15) is 0 Å². The van der Waals surface area contributed by atoms with Crippen molar-refractivity contribution in [2.75, 3.05) is 25.1 Å². The Morgan fingerprint density at radius 3 is 2.24 bits per heavy atom. The van der Waals surface area contributed by atoms with Crippen molar-refractivity contribution in [1.82, 2.24) is 0 Å². The van der Waals surface area contributed by atoms with Crippen LogP contribution in [0.3, 0.4) is 0 Å². The Morgan fingerprint density at radius 2 is 1.82 bits per heavy atom. The minimum absolute atomic E-state index is 0.186. The second-order valence-electron chi connectivity index (χ2n) is 5.76. The van der Waals surface area contributed by atoms with E-state index in [1.54, 1.807) is 0 Å². The van der Waals surface area contributed by atoms with Crippen molar-refractivity contribution < 1.29 is 5.11 Å². The Morgan fingerprint density at radius 1 is 1.24 bits per heavy atom. The molecule has 0 saturated heterocycles. The van der Waals surface area contributed by atoms with Crippen LogP contribution in [0.4, 0.5) is 5.69 Å². The first kappa shape index (κ1) is 12.4. The van der Waals surface area contributed by atoms with Gasteiger partial charge in [-0.05, 0) is 36.5 Å². The van der Waals surface area contributed by atoms with E-state index in [2.05, 4.69) is 50.1 Å². The van der Waals surface area contributed by atoms with Crippen LogP contribution in [0.25, 0.3) is 0 Å². The topological polar surface area (TPSA) is 23.5 Å². The van der Waals surface area contributed by atoms with E-state index in [0.29, 0.717) is 12.5 Å². The van der Waals surface area contributed by atoms with E-state index in [1.165, 1.54) is 11.3 Å². The number of hydrogen-bond donors (Lipinski definition) is 1. The molecular weight excluding hydrogens is 210 g/mol. The zero-order chi connectivity index (χ0) is 12.5. The van der Waals surface area contributed by atoms with E-state index in [-0.39, 0.29) is 5.41 Å². The molecule has 2 heteroatoms. The van der Waals surface area contributed by atoms with Gasteiger partial charge in [0.05, 0.1) is 6.61 Å². The number of aliphatic hydroxyl groups is 1. The van der Waals surface area contributed by atoms with E-state index >= 15 is 0 Å². The molecule has 2 rings (SSSR count). The molecule has 1 aromatic rings. The minimum atomic E-state index is 0.186. The van der Waals surface area contributed by atoms with Crippen molar-refractivity contribution in [3.63, 3.8) is 0 Å². The molecule has 1 fully saturated rings. The van der Waals surface area contributed by atoms with Crippen molar-refractivity contribution in [2.45, 2.75) is 32.6 Å². The maximum absolute atomic E-state index is 9.34. The van der Waals surface area contributed by atoms with Crippen LogP contribution in [0.2, 0.25) is 0 Å². The van der Waals surface area contributed by atoms with Crippen LogP contribution >= 0.6 is 0 Å². The molecule has 0 aromatic heterocycles. The maximum atomic E-state index is 9.34. The monoisotopic (exact) mass is 233 g/mol. The molecule has 0 amide bonds. The third-order valence-electron chi connectivity index (χ3n) is 3.87. The largest absolute Gasteiger partial charge is 0.396 e. The number of rotatable bonds is 5. The molecule has 0 heterocycles. The quantitative estimate of drug-likeness (QED) is 0.845. The van der Waals surface area contributed by atoms with Gasteiger partial charge in [-0.1, -0.05) is 26.0 Å². The van der Waals surface area contributed by atoms with Crippen LogP contribution in [0.5, 0.6) is 0 Å². The molecule has 2 nitrogen and oxygen atoms in total. The maximum Gasteiger partial charge on any atom is 0.0504 e. The van der Waals surface area contributed by atoms with Crippen molar-refractivity contribution in [3.05, 3.63) is 29.8 Å². The van der Waals surface area contributed by atoms with Gasteiger partial charge in [-0.2, -0.15) is 0 Å². The lowest BCUT2D eigenvalue weighted by Gasteiger charge is -2.24. The molecule has 1 aliphatic rings. The molecule has 94 valence electrons. The summed E-state index contributed by atoms with van der Waals surface area (Å²) < 4.78 is 0. The summed E-state index contributed by atoms with van der Waals surface area (Å²) in [7, 11) is 2.11. The predicted molar refractivity (Wildman–Crippen MR) is 72.6 cm³/mol. The van der Waals surface area contributed by atoms with E-state index in [1.807, 2.05) is 0 Å². The second kappa shape index (κ2) is 4.69. The predicted octanol–water partition coefficient (Wildman–Crippen LogP) is 3.02. The third-order valence-corrected chi connectivity index (χ3v) is 3.87. The summed E-state index contributed by atoms with van der Waals surface area (Å²) in [6.07, 6.45) is 2.33. The van der Waals surface area contributed by atoms with E-state index in [0.717, 1.165) is 19.4 Å². The zero-order valence-corrected chi connectivity index (χ0v) is 11.1. The molecule has 0 unspecified atom stereocenters. The lowest BCUT2D eigenvalue weighted by molar-refractivity contribution is 0.215. The SMILES string of the molecule is CC(C)c1ccc(N(C)CC2(CO)CC2)cc1. The molecule has 0 radical (unpaired) electrons. The normalized spacial score (nSPS) is 17.2. The molecule has 1 N–H and O–H groups in total. The molecule has 1 aliphatic carbocycles. The summed E-state index contributed by atoms with van der Waals surface area (Å²) in [5.41, 5.74) is 2.81. The summed E-state index contributed by atoms with van der Waals surface area (Å²) in [6, 6.07) is 8.77.